The van der Waals surface area contributed by atoms with Crippen molar-refractivity contribution in [1.29, 1.82) is 0 Å². The smallest absolute Gasteiger partial charge is 0.235 e. The molecule has 0 heterocycles. The summed E-state index contributed by atoms with van der Waals surface area (Å²) in [6, 6.07) is 3.80. The highest BCUT2D eigenvalue weighted by molar-refractivity contribution is 6.32. The Bertz CT molecular complexity index is 488. The van der Waals surface area contributed by atoms with Crippen molar-refractivity contribution in [3.63, 3.8) is 0 Å². The van der Waals surface area contributed by atoms with Crippen molar-refractivity contribution in [2.75, 3.05) is 7.11 Å². The van der Waals surface area contributed by atoms with Crippen LogP contribution in [0.25, 0.3) is 0 Å². The molecule has 1 fully saturated rings. The molecule has 0 saturated heterocycles. The van der Waals surface area contributed by atoms with E-state index in [9.17, 15) is 4.79 Å². The molecule has 0 N–H and O–H groups in total. The molecule has 1 saturated carbocycles. The van der Waals surface area contributed by atoms with E-state index in [4.69, 9.17) is 16.3 Å². The first-order valence-electron chi connectivity index (χ1n) is 5.63. The van der Waals surface area contributed by atoms with Crippen LogP contribution in [0.4, 0.5) is 0 Å². The lowest BCUT2D eigenvalue weighted by molar-refractivity contribution is 0.414. The van der Waals surface area contributed by atoms with Gasteiger partial charge in [-0.05, 0) is 42.5 Å². The molecule has 0 amide bonds. The lowest BCUT2D eigenvalue weighted by Crippen LogP contribution is -2.07. The summed E-state index contributed by atoms with van der Waals surface area (Å²) >= 11 is 6.13. The van der Waals surface area contributed by atoms with Crippen molar-refractivity contribution in [2.24, 2.45) is 4.99 Å². The molecular weight excluding hydrogens is 238 g/mol. The van der Waals surface area contributed by atoms with Crippen LogP contribution < -0.4 is 4.74 Å². The van der Waals surface area contributed by atoms with Crippen LogP contribution in [-0.4, -0.2) is 13.2 Å². The van der Waals surface area contributed by atoms with Crippen molar-refractivity contribution >= 4 is 17.7 Å². The third-order valence-corrected chi connectivity index (χ3v) is 3.54. The van der Waals surface area contributed by atoms with Crippen LogP contribution in [-0.2, 0) is 16.8 Å². The van der Waals surface area contributed by atoms with Gasteiger partial charge in [-0.25, -0.2) is 4.79 Å². The highest BCUT2D eigenvalue weighted by Crippen LogP contribution is 2.51. The summed E-state index contributed by atoms with van der Waals surface area (Å²) < 4.78 is 5.20. The lowest BCUT2D eigenvalue weighted by atomic mass is 9.96. The number of methoxy groups -OCH3 is 1. The van der Waals surface area contributed by atoms with Crippen LogP contribution in [0.3, 0.4) is 0 Å². The zero-order valence-electron chi connectivity index (χ0n) is 9.92. The number of ether oxygens (including phenoxy) is 1. The molecule has 1 aliphatic carbocycles. The molecule has 1 aromatic rings. The number of aryl methyl sites for hydroxylation is 1. The molecule has 0 spiro atoms. The number of rotatable bonds is 4. The first kappa shape index (κ1) is 12.2. The van der Waals surface area contributed by atoms with E-state index in [-0.39, 0.29) is 5.54 Å². The van der Waals surface area contributed by atoms with Gasteiger partial charge in [0.2, 0.25) is 6.08 Å². The third kappa shape index (κ3) is 2.08. The first-order chi connectivity index (χ1) is 8.16. The normalized spacial score (nSPS) is 16.2. The van der Waals surface area contributed by atoms with E-state index in [1.54, 1.807) is 13.2 Å². The Morgan fingerprint density at radius 2 is 2.24 bits per heavy atom. The van der Waals surface area contributed by atoms with Crippen molar-refractivity contribution in [3.05, 3.63) is 28.3 Å². The third-order valence-electron chi connectivity index (χ3n) is 3.24. The number of benzene rings is 1. The van der Waals surface area contributed by atoms with Crippen LogP contribution in [0.15, 0.2) is 17.1 Å². The molecule has 0 radical (unpaired) electrons. The molecule has 0 bridgehead atoms. The minimum Gasteiger partial charge on any atom is -0.495 e. The second-order valence-corrected chi connectivity index (χ2v) is 4.64. The second kappa shape index (κ2) is 4.52. The van der Waals surface area contributed by atoms with Crippen LogP contribution >= 0.6 is 11.6 Å². The highest BCUT2D eigenvalue weighted by atomic mass is 35.5. The van der Waals surface area contributed by atoms with E-state index in [1.807, 2.05) is 12.1 Å². The SMILES string of the molecule is CCc1cc(OC)c(Cl)cc1C1(N=C=O)CC1. The van der Waals surface area contributed by atoms with Crippen LogP contribution in [0.2, 0.25) is 5.02 Å². The molecule has 0 aromatic heterocycles. The molecule has 2 rings (SSSR count). The average molecular weight is 252 g/mol. The number of nitrogens with zero attached hydrogens (tertiary/aromatic N) is 1. The van der Waals surface area contributed by atoms with Crippen molar-refractivity contribution in [3.8, 4) is 5.75 Å². The van der Waals surface area contributed by atoms with E-state index < -0.39 is 0 Å². The number of halogens is 1. The summed E-state index contributed by atoms with van der Waals surface area (Å²) in [7, 11) is 1.59. The number of hydrogen-bond donors (Lipinski definition) is 0. The topological polar surface area (TPSA) is 38.7 Å². The van der Waals surface area contributed by atoms with Gasteiger partial charge < -0.3 is 4.74 Å². The van der Waals surface area contributed by atoms with Gasteiger partial charge >= 0.3 is 0 Å². The van der Waals surface area contributed by atoms with Gasteiger partial charge in [-0.1, -0.05) is 18.5 Å². The molecule has 1 aliphatic rings. The minimum absolute atomic E-state index is 0.372. The molecular formula is C13H14ClNO2. The Morgan fingerprint density at radius 1 is 1.53 bits per heavy atom. The summed E-state index contributed by atoms with van der Waals surface area (Å²) in [5.74, 6) is 0.665. The van der Waals surface area contributed by atoms with Crippen molar-refractivity contribution in [1.82, 2.24) is 0 Å². The molecule has 1 aromatic carbocycles. The number of hydrogen-bond acceptors (Lipinski definition) is 3. The zero-order chi connectivity index (χ0) is 12.5. The maximum absolute atomic E-state index is 10.5. The van der Waals surface area contributed by atoms with Crippen LogP contribution in [0.5, 0.6) is 5.75 Å². The summed E-state index contributed by atoms with van der Waals surface area (Å²) in [5.41, 5.74) is 1.79. The zero-order valence-corrected chi connectivity index (χ0v) is 10.7. The Hall–Kier alpha value is -1.31. The fraction of sp³-hybridized carbons (Fsp3) is 0.462. The highest BCUT2D eigenvalue weighted by Gasteiger charge is 2.46. The lowest BCUT2D eigenvalue weighted by Gasteiger charge is -2.16. The van der Waals surface area contributed by atoms with Crippen molar-refractivity contribution in [2.45, 2.75) is 31.7 Å². The van der Waals surface area contributed by atoms with E-state index in [1.165, 1.54) is 0 Å². The molecule has 3 nitrogen and oxygen atoms in total. The molecule has 0 unspecified atom stereocenters. The average Bonchev–Trinajstić information content (AvgIpc) is 3.10. The fourth-order valence-electron chi connectivity index (χ4n) is 2.12. The van der Waals surface area contributed by atoms with Crippen molar-refractivity contribution < 1.29 is 9.53 Å². The molecule has 0 aliphatic heterocycles. The Balaban J connectivity index is 2.54. The second-order valence-electron chi connectivity index (χ2n) is 4.23. The predicted molar refractivity (Wildman–Crippen MR) is 66.4 cm³/mol. The summed E-state index contributed by atoms with van der Waals surface area (Å²) in [6.07, 6.45) is 4.30. The molecule has 4 heteroatoms. The summed E-state index contributed by atoms with van der Waals surface area (Å²) in [6.45, 7) is 2.06. The first-order valence-corrected chi connectivity index (χ1v) is 6.00. The standard InChI is InChI=1S/C13H14ClNO2/c1-3-9-6-12(17-2)11(14)7-10(9)13(4-5-13)15-8-16/h6-7H,3-5H2,1-2H3. The monoisotopic (exact) mass is 251 g/mol. The molecule has 90 valence electrons. The Morgan fingerprint density at radius 3 is 2.71 bits per heavy atom. The van der Waals surface area contributed by atoms with Gasteiger partial charge in [0.25, 0.3) is 0 Å². The van der Waals surface area contributed by atoms with Gasteiger partial charge in [0.15, 0.2) is 0 Å². The number of aliphatic imine (C=N–C) groups is 1. The number of isocyanates is 1. The predicted octanol–water partition coefficient (Wildman–Crippen LogP) is 3.24. The summed E-state index contributed by atoms with van der Waals surface area (Å²) in [5, 5.41) is 0.562. The van der Waals surface area contributed by atoms with Gasteiger partial charge in [0.1, 0.15) is 5.75 Å². The van der Waals surface area contributed by atoms with E-state index in [0.29, 0.717) is 10.8 Å². The fourth-order valence-corrected chi connectivity index (χ4v) is 2.37. The van der Waals surface area contributed by atoms with Crippen LogP contribution in [0.1, 0.15) is 30.9 Å². The van der Waals surface area contributed by atoms with E-state index in [0.717, 1.165) is 30.4 Å². The molecule has 17 heavy (non-hydrogen) atoms. The Labute approximate surface area is 105 Å². The van der Waals surface area contributed by atoms with E-state index >= 15 is 0 Å². The number of carbonyl (C=O) groups excluding carboxylic acids is 1. The van der Waals surface area contributed by atoms with Gasteiger partial charge in [-0.3, -0.25) is 0 Å². The quantitative estimate of drug-likeness (QED) is 0.609. The maximum atomic E-state index is 10.5. The van der Waals surface area contributed by atoms with Gasteiger partial charge in [0.05, 0.1) is 17.7 Å². The van der Waals surface area contributed by atoms with Gasteiger partial charge in [-0.15, -0.1) is 0 Å². The molecule has 0 atom stereocenters. The summed E-state index contributed by atoms with van der Waals surface area (Å²) in [4.78, 5) is 14.4. The van der Waals surface area contributed by atoms with Gasteiger partial charge in [0, 0.05) is 0 Å². The van der Waals surface area contributed by atoms with Crippen LogP contribution in [0, 0.1) is 0 Å². The minimum atomic E-state index is -0.372. The largest absolute Gasteiger partial charge is 0.495 e. The maximum Gasteiger partial charge on any atom is 0.235 e. The Kier molecular flexibility index (Phi) is 3.23. The van der Waals surface area contributed by atoms with E-state index in [2.05, 4.69) is 11.9 Å². The van der Waals surface area contributed by atoms with Gasteiger partial charge in [-0.2, -0.15) is 4.99 Å².